The van der Waals surface area contributed by atoms with Crippen LogP contribution in [-0.4, -0.2) is 53.2 Å². The maximum atomic E-state index is 5.51. The Bertz CT molecular complexity index is 676. The second-order valence-electron chi connectivity index (χ2n) is 6.21. The molecule has 25 heavy (non-hydrogen) atoms. The summed E-state index contributed by atoms with van der Waals surface area (Å²) in [5.41, 5.74) is 2.37. The smallest absolute Gasteiger partial charge is 0.257 e. The lowest BCUT2D eigenvalue weighted by Crippen LogP contribution is -2.44. The van der Waals surface area contributed by atoms with Crippen molar-refractivity contribution in [1.82, 2.24) is 20.4 Å². The van der Waals surface area contributed by atoms with E-state index in [0.29, 0.717) is 10.5 Å². The Kier molecular flexibility index (Phi) is 6.68. The van der Waals surface area contributed by atoms with Gasteiger partial charge in [-0.1, -0.05) is 17.3 Å². The van der Waals surface area contributed by atoms with Crippen molar-refractivity contribution >= 4 is 35.9 Å². The predicted molar refractivity (Wildman–Crippen MR) is 107 cm³/mol. The minimum Gasteiger partial charge on any atom is -0.334 e. The van der Waals surface area contributed by atoms with Crippen molar-refractivity contribution in [3.05, 3.63) is 35.7 Å². The number of piperazine rings is 1. The molecule has 1 aromatic carbocycles. The van der Waals surface area contributed by atoms with Crippen LogP contribution >= 0.6 is 35.9 Å². The quantitative estimate of drug-likeness (QED) is 0.847. The molecule has 2 fully saturated rings. The van der Waals surface area contributed by atoms with Gasteiger partial charge in [-0.15, -0.1) is 35.9 Å². The Balaban J connectivity index is 0.00000182. The molecule has 0 spiro atoms. The Morgan fingerprint density at radius 2 is 1.96 bits per heavy atom. The standard InChI is InChI=1S/C17H22N4OS2.ClH/c1-21-8-7-18-11-14(21)15-19-16(22-20-15)12-3-5-13(6-4-12)17-23-9-2-10-24-17;/h3-6,14,17-18H,2,7-11H2,1H3;1H. The van der Waals surface area contributed by atoms with Gasteiger partial charge < -0.3 is 9.84 Å². The Morgan fingerprint density at radius 3 is 2.68 bits per heavy atom. The van der Waals surface area contributed by atoms with E-state index in [-0.39, 0.29) is 18.4 Å². The highest BCUT2D eigenvalue weighted by Crippen LogP contribution is 2.43. The molecule has 136 valence electrons. The van der Waals surface area contributed by atoms with Crippen LogP contribution in [0.4, 0.5) is 0 Å². The number of aromatic nitrogens is 2. The summed E-state index contributed by atoms with van der Waals surface area (Å²) in [7, 11) is 2.11. The Labute approximate surface area is 163 Å². The molecule has 2 aromatic rings. The van der Waals surface area contributed by atoms with Gasteiger partial charge in [-0.3, -0.25) is 4.90 Å². The topological polar surface area (TPSA) is 54.2 Å². The van der Waals surface area contributed by atoms with Crippen LogP contribution in [0.15, 0.2) is 28.8 Å². The van der Waals surface area contributed by atoms with Crippen LogP contribution in [0.5, 0.6) is 0 Å². The number of nitrogens with one attached hydrogen (secondary N) is 1. The summed E-state index contributed by atoms with van der Waals surface area (Å²) in [4.78, 5) is 6.90. The fourth-order valence-corrected chi connectivity index (χ4v) is 5.94. The molecule has 5 nitrogen and oxygen atoms in total. The van der Waals surface area contributed by atoms with Crippen molar-refractivity contribution < 1.29 is 4.52 Å². The summed E-state index contributed by atoms with van der Waals surface area (Å²) in [5.74, 6) is 3.90. The number of likely N-dealkylation sites (N-methyl/N-ethyl adjacent to an activating group) is 1. The lowest BCUT2D eigenvalue weighted by Gasteiger charge is -2.30. The van der Waals surface area contributed by atoms with Crippen molar-refractivity contribution in [2.24, 2.45) is 0 Å². The van der Waals surface area contributed by atoms with Gasteiger partial charge in [0, 0.05) is 25.2 Å². The minimum absolute atomic E-state index is 0. The van der Waals surface area contributed by atoms with Gasteiger partial charge in [-0.25, -0.2) is 0 Å². The van der Waals surface area contributed by atoms with Gasteiger partial charge in [0.05, 0.1) is 10.6 Å². The van der Waals surface area contributed by atoms with Crippen LogP contribution < -0.4 is 5.32 Å². The van der Waals surface area contributed by atoms with Crippen LogP contribution in [-0.2, 0) is 0 Å². The summed E-state index contributed by atoms with van der Waals surface area (Å²) in [6.07, 6.45) is 1.32. The maximum absolute atomic E-state index is 5.51. The zero-order valence-corrected chi connectivity index (χ0v) is 16.6. The van der Waals surface area contributed by atoms with Crippen LogP contribution in [0.2, 0.25) is 0 Å². The first-order valence-electron chi connectivity index (χ1n) is 8.39. The predicted octanol–water partition coefficient (Wildman–Crippen LogP) is 3.60. The molecule has 8 heteroatoms. The summed E-state index contributed by atoms with van der Waals surface area (Å²) < 4.78 is 6.07. The van der Waals surface area contributed by atoms with Gasteiger partial charge in [0.2, 0.25) is 0 Å². The first kappa shape index (κ1) is 19.0. The van der Waals surface area contributed by atoms with E-state index in [0.717, 1.165) is 31.0 Å². The zero-order chi connectivity index (χ0) is 16.4. The largest absolute Gasteiger partial charge is 0.334 e. The fourth-order valence-electron chi connectivity index (χ4n) is 3.04. The summed E-state index contributed by atoms with van der Waals surface area (Å²) in [6, 6.07) is 8.79. The average molecular weight is 399 g/mol. The zero-order valence-electron chi connectivity index (χ0n) is 14.2. The third-order valence-corrected chi connectivity index (χ3v) is 7.52. The first-order chi connectivity index (χ1) is 11.8. The maximum Gasteiger partial charge on any atom is 0.257 e. The van der Waals surface area contributed by atoms with Crippen LogP contribution in [0.3, 0.4) is 0 Å². The van der Waals surface area contributed by atoms with Gasteiger partial charge >= 0.3 is 0 Å². The van der Waals surface area contributed by atoms with E-state index >= 15 is 0 Å². The van der Waals surface area contributed by atoms with E-state index in [1.807, 2.05) is 23.5 Å². The normalized spacial score (nSPS) is 22.5. The van der Waals surface area contributed by atoms with E-state index in [9.17, 15) is 0 Å². The van der Waals surface area contributed by atoms with Gasteiger partial charge in [0.1, 0.15) is 0 Å². The summed E-state index contributed by atoms with van der Waals surface area (Å²) >= 11 is 4.08. The number of thioether (sulfide) groups is 2. The second kappa shape index (κ2) is 8.77. The van der Waals surface area contributed by atoms with E-state index in [1.54, 1.807) is 0 Å². The molecule has 2 aliphatic heterocycles. The van der Waals surface area contributed by atoms with E-state index in [2.05, 4.69) is 51.7 Å². The van der Waals surface area contributed by atoms with Crippen LogP contribution in [0.1, 0.15) is 28.4 Å². The molecule has 1 unspecified atom stereocenters. The molecule has 0 saturated carbocycles. The summed E-state index contributed by atoms with van der Waals surface area (Å²) in [5, 5.41) is 7.59. The number of hydrogen-bond donors (Lipinski definition) is 1. The molecule has 1 atom stereocenters. The number of hydrogen-bond acceptors (Lipinski definition) is 7. The molecule has 0 radical (unpaired) electrons. The van der Waals surface area contributed by atoms with Gasteiger partial charge in [0.15, 0.2) is 5.82 Å². The molecule has 1 N–H and O–H groups in total. The Morgan fingerprint density at radius 1 is 1.20 bits per heavy atom. The number of halogens is 1. The lowest BCUT2D eigenvalue weighted by atomic mass is 10.1. The monoisotopic (exact) mass is 398 g/mol. The second-order valence-corrected chi connectivity index (χ2v) is 8.93. The average Bonchev–Trinajstić information content (AvgIpc) is 3.13. The van der Waals surface area contributed by atoms with Crippen molar-refractivity contribution in [2.45, 2.75) is 17.0 Å². The van der Waals surface area contributed by atoms with Gasteiger partial charge in [0.25, 0.3) is 5.89 Å². The van der Waals surface area contributed by atoms with E-state index in [1.165, 1.54) is 23.5 Å². The number of nitrogens with zero attached hydrogens (tertiary/aromatic N) is 3. The molecule has 3 heterocycles. The van der Waals surface area contributed by atoms with Crippen molar-refractivity contribution in [1.29, 1.82) is 0 Å². The third-order valence-electron chi connectivity index (χ3n) is 4.51. The van der Waals surface area contributed by atoms with Crippen LogP contribution in [0, 0.1) is 0 Å². The van der Waals surface area contributed by atoms with E-state index < -0.39 is 0 Å². The Hall–Kier alpha value is -0.730. The van der Waals surface area contributed by atoms with Crippen molar-refractivity contribution in [2.75, 3.05) is 38.2 Å². The van der Waals surface area contributed by atoms with Crippen molar-refractivity contribution in [3.63, 3.8) is 0 Å². The highest BCUT2D eigenvalue weighted by molar-refractivity contribution is 8.16. The molecule has 2 saturated heterocycles. The molecular weight excluding hydrogens is 376 g/mol. The van der Waals surface area contributed by atoms with E-state index in [4.69, 9.17) is 4.52 Å². The molecule has 0 amide bonds. The lowest BCUT2D eigenvalue weighted by molar-refractivity contribution is 0.190. The molecular formula is C17H23ClN4OS2. The highest BCUT2D eigenvalue weighted by Gasteiger charge is 2.25. The van der Waals surface area contributed by atoms with Gasteiger partial charge in [-0.05, 0) is 42.7 Å². The summed E-state index contributed by atoms with van der Waals surface area (Å²) in [6.45, 7) is 2.88. The third kappa shape index (κ3) is 4.34. The number of rotatable bonds is 3. The number of benzene rings is 1. The van der Waals surface area contributed by atoms with Crippen molar-refractivity contribution in [3.8, 4) is 11.5 Å². The molecule has 2 aliphatic rings. The minimum atomic E-state index is 0. The van der Waals surface area contributed by atoms with Gasteiger partial charge in [-0.2, -0.15) is 4.98 Å². The molecule has 0 bridgehead atoms. The molecule has 1 aromatic heterocycles. The molecule has 0 aliphatic carbocycles. The SMILES string of the molecule is CN1CCNCC1c1noc(-c2ccc(C3SCCCS3)cc2)n1.Cl. The van der Waals surface area contributed by atoms with Crippen LogP contribution in [0.25, 0.3) is 11.5 Å². The first-order valence-corrected chi connectivity index (χ1v) is 10.5. The fraction of sp³-hybridized carbons (Fsp3) is 0.529. The highest BCUT2D eigenvalue weighted by atomic mass is 35.5. The molecule has 4 rings (SSSR count).